The number of H-pyrrole nitrogens is 1. The van der Waals surface area contributed by atoms with Gasteiger partial charge < -0.3 is 23.9 Å². The van der Waals surface area contributed by atoms with E-state index in [0.29, 0.717) is 33.4 Å². The standard InChI is InChI=1S/C27H26FN5O5/c1-14(2)36-24-21-19-10-16(28)11-20(33(6)26(34)38-27(3,4)5)22(19)30-23(21)31-25(32-24)37-18-9-15(13-29)8-17(12-18)35-7/h8-12H,1H2,2-7H3,(H,30,31,32). The molecule has 4 aromatic rings. The van der Waals surface area contributed by atoms with E-state index in [0.717, 1.165) is 0 Å². The highest BCUT2D eigenvalue weighted by Gasteiger charge is 2.25. The molecule has 0 unspecified atom stereocenters. The SMILES string of the molecule is C=C(C)Oc1nc(Oc2cc(C#N)cc(OC)c2)nc2[nH]c3c(N(C)C(=O)OC(C)(C)C)cc(F)cc3c12. The number of fused-ring (bicyclic) bond motifs is 3. The van der Waals surface area contributed by atoms with E-state index in [-0.39, 0.29) is 29.0 Å². The first kappa shape index (κ1) is 26.2. The Hall–Kier alpha value is -4.85. The Labute approximate surface area is 218 Å². The van der Waals surface area contributed by atoms with Gasteiger partial charge in [0.05, 0.1) is 41.1 Å². The number of aromatic amines is 1. The number of nitrogens with one attached hydrogen (secondary N) is 1. The second-order valence-electron chi connectivity index (χ2n) is 9.46. The Kier molecular flexibility index (Phi) is 6.83. The van der Waals surface area contributed by atoms with Gasteiger partial charge in [-0.05, 0) is 52.0 Å². The van der Waals surface area contributed by atoms with Crippen molar-refractivity contribution in [3.63, 3.8) is 0 Å². The van der Waals surface area contributed by atoms with E-state index < -0.39 is 17.5 Å². The molecule has 0 aliphatic carbocycles. The number of ether oxygens (including phenoxy) is 4. The zero-order chi connectivity index (χ0) is 27.8. The monoisotopic (exact) mass is 519 g/mol. The summed E-state index contributed by atoms with van der Waals surface area (Å²) in [4.78, 5) is 25.9. The smallest absolute Gasteiger partial charge is 0.414 e. The van der Waals surface area contributed by atoms with Crippen LogP contribution >= 0.6 is 0 Å². The van der Waals surface area contributed by atoms with Crippen molar-refractivity contribution < 1.29 is 28.1 Å². The first-order valence-corrected chi connectivity index (χ1v) is 11.5. The van der Waals surface area contributed by atoms with Gasteiger partial charge >= 0.3 is 12.1 Å². The number of rotatable bonds is 6. The van der Waals surface area contributed by atoms with Gasteiger partial charge in [-0.15, -0.1) is 0 Å². The number of halogens is 1. The molecular formula is C27H26FN5O5. The Morgan fingerprint density at radius 2 is 1.87 bits per heavy atom. The molecule has 0 saturated heterocycles. The van der Waals surface area contributed by atoms with Crippen molar-refractivity contribution >= 4 is 33.7 Å². The van der Waals surface area contributed by atoms with Crippen molar-refractivity contribution in [3.05, 3.63) is 54.1 Å². The molecular weight excluding hydrogens is 493 g/mol. The fraction of sp³-hybridized carbons (Fsp3) is 0.259. The first-order chi connectivity index (χ1) is 17.9. The van der Waals surface area contributed by atoms with Crippen LogP contribution in [0.2, 0.25) is 0 Å². The van der Waals surface area contributed by atoms with Crippen LogP contribution < -0.4 is 19.1 Å². The average Bonchev–Trinajstić information content (AvgIpc) is 3.19. The molecule has 0 bridgehead atoms. The van der Waals surface area contributed by atoms with Crippen LogP contribution in [0.4, 0.5) is 14.9 Å². The van der Waals surface area contributed by atoms with E-state index in [1.165, 1.54) is 37.3 Å². The minimum Gasteiger partial charge on any atom is -0.497 e. The highest BCUT2D eigenvalue weighted by molar-refractivity contribution is 6.14. The number of hydrogen-bond acceptors (Lipinski definition) is 8. The Bertz CT molecular complexity index is 1620. The van der Waals surface area contributed by atoms with E-state index in [1.807, 2.05) is 6.07 Å². The van der Waals surface area contributed by atoms with Crippen LogP contribution in [0.15, 0.2) is 42.7 Å². The quantitative estimate of drug-likeness (QED) is 0.299. The molecule has 2 aromatic carbocycles. The third kappa shape index (κ3) is 5.44. The minimum atomic E-state index is -0.746. The zero-order valence-corrected chi connectivity index (χ0v) is 21.8. The number of nitriles is 1. The van der Waals surface area contributed by atoms with Gasteiger partial charge in [-0.25, -0.2) is 9.18 Å². The van der Waals surface area contributed by atoms with E-state index in [9.17, 15) is 14.4 Å². The molecule has 4 rings (SSSR count). The second kappa shape index (κ2) is 9.89. The third-order valence-corrected chi connectivity index (χ3v) is 5.20. The first-order valence-electron chi connectivity index (χ1n) is 11.5. The normalized spacial score (nSPS) is 11.2. The summed E-state index contributed by atoms with van der Waals surface area (Å²) >= 11 is 0. The number of carbonyl (C=O) groups is 1. The number of hydrogen-bond donors (Lipinski definition) is 1. The number of anilines is 1. The summed E-state index contributed by atoms with van der Waals surface area (Å²) in [7, 11) is 2.95. The molecule has 11 heteroatoms. The molecule has 0 radical (unpaired) electrons. The van der Waals surface area contributed by atoms with Crippen LogP contribution in [0.5, 0.6) is 23.4 Å². The second-order valence-corrected chi connectivity index (χ2v) is 9.46. The van der Waals surface area contributed by atoms with Gasteiger partial charge in [-0.1, -0.05) is 6.58 Å². The third-order valence-electron chi connectivity index (χ3n) is 5.20. The summed E-state index contributed by atoms with van der Waals surface area (Å²) in [5.41, 5.74) is 0.455. The van der Waals surface area contributed by atoms with Gasteiger partial charge in [0.25, 0.3) is 0 Å². The van der Waals surface area contributed by atoms with Crippen molar-refractivity contribution in [2.75, 3.05) is 19.1 Å². The van der Waals surface area contributed by atoms with Crippen molar-refractivity contribution in [3.8, 4) is 29.5 Å². The maximum Gasteiger partial charge on any atom is 0.414 e. The Morgan fingerprint density at radius 1 is 1.16 bits per heavy atom. The van der Waals surface area contributed by atoms with Gasteiger partial charge in [-0.2, -0.15) is 15.2 Å². The maximum atomic E-state index is 14.8. The number of benzene rings is 2. The highest BCUT2D eigenvalue weighted by Crippen LogP contribution is 2.39. The van der Waals surface area contributed by atoms with Crippen molar-refractivity contribution in [1.82, 2.24) is 15.0 Å². The minimum absolute atomic E-state index is 0.0589. The number of nitrogens with zero attached hydrogens (tertiary/aromatic N) is 4. The Balaban J connectivity index is 1.89. The maximum absolute atomic E-state index is 14.8. The molecule has 10 nitrogen and oxygen atoms in total. The van der Waals surface area contributed by atoms with E-state index in [4.69, 9.17) is 18.9 Å². The molecule has 0 saturated carbocycles. The topological polar surface area (TPSA) is 123 Å². The fourth-order valence-electron chi connectivity index (χ4n) is 3.69. The number of allylic oxidation sites excluding steroid dienone is 1. The lowest BCUT2D eigenvalue weighted by molar-refractivity contribution is 0.0589. The van der Waals surface area contributed by atoms with Gasteiger partial charge in [0.15, 0.2) is 0 Å². The summed E-state index contributed by atoms with van der Waals surface area (Å²) in [5, 5.41) is 10.0. The number of amides is 1. The number of carbonyl (C=O) groups excluding carboxylic acids is 1. The Morgan fingerprint density at radius 3 is 2.50 bits per heavy atom. The van der Waals surface area contributed by atoms with Gasteiger partial charge in [0, 0.05) is 18.5 Å². The van der Waals surface area contributed by atoms with Gasteiger partial charge in [0.2, 0.25) is 5.88 Å². The number of aromatic nitrogens is 3. The van der Waals surface area contributed by atoms with Crippen LogP contribution in [-0.2, 0) is 4.74 Å². The predicted molar refractivity (Wildman–Crippen MR) is 139 cm³/mol. The van der Waals surface area contributed by atoms with Crippen LogP contribution in [0.1, 0.15) is 33.3 Å². The van der Waals surface area contributed by atoms with E-state index in [1.54, 1.807) is 39.8 Å². The summed E-state index contributed by atoms with van der Waals surface area (Å²) in [6.45, 7) is 10.6. The molecule has 0 aliphatic rings. The molecule has 1 amide bonds. The highest BCUT2D eigenvalue weighted by atomic mass is 19.1. The van der Waals surface area contributed by atoms with Crippen LogP contribution in [0.3, 0.4) is 0 Å². The molecule has 0 fully saturated rings. The molecule has 0 atom stereocenters. The van der Waals surface area contributed by atoms with E-state index in [2.05, 4.69) is 21.5 Å². The fourth-order valence-corrected chi connectivity index (χ4v) is 3.69. The number of methoxy groups -OCH3 is 1. The van der Waals surface area contributed by atoms with Crippen molar-refractivity contribution in [2.45, 2.75) is 33.3 Å². The molecule has 1 N–H and O–H groups in total. The van der Waals surface area contributed by atoms with E-state index >= 15 is 0 Å². The molecule has 196 valence electrons. The zero-order valence-electron chi connectivity index (χ0n) is 21.8. The molecule has 2 aromatic heterocycles. The summed E-state index contributed by atoms with van der Waals surface area (Å²) in [5.74, 6) is 0.457. The average molecular weight is 520 g/mol. The van der Waals surface area contributed by atoms with Crippen LogP contribution in [-0.4, -0.2) is 40.8 Å². The molecule has 0 spiro atoms. The summed E-state index contributed by atoms with van der Waals surface area (Å²) < 4.78 is 37.1. The van der Waals surface area contributed by atoms with Gasteiger partial charge in [-0.3, -0.25) is 4.90 Å². The lowest BCUT2D eigenvalue weighted by Gasteiger charge is -2.25. The summed E-state index contributed by atoms with van der Waals surface area (Å²) in [6.07, 6.45) is -0.664. The molecule has 0 aliphatic heterocycles. The van der Waals surface area contributed by atoms with Crippen LogP contribution in [0.25, 0.3) is 21.9 Å². The lowest BCUT2D eigenvalue weighted by Crippen LogP contribution is -2.34. The molecule has 38 heavy (non-hydrogen) atoms. The predicted octanol–water partition coefficient (Wildman–Crippen LogP) is 6.21. The van der Waals surface area contributed by atoms with Crippen molar-refractivity contribution in [1.29, 1.82) is 5.26 Å². The van der Waals surface area contributed by atoms with Crippen LogP contribution in [0, 0.1) is 17.1 Å². The van der Waals surface area contributed by atoms with Crippen molar-refractivity contribution in [2.24, 2.45) is 0 Å². The molecule has 2 heterocycles. The summed E-state index contributed by atoms with van der Waals surface area (Å²) in [6, 6.07) is 9.06. The lowest BCUT2D eigenvalue weighted by atomic mass is 10.1. The van der Waals surface area contributed by atoms with Gasteiger partial charge in [0.1, 0.15) is 28.6 Å². The largest absolute Gasteiger partial charge is 0.497 e.